The predicted octanol–water partition coefficient (Wildman–Crippen LogP) is 3.36. The van der Waals surface area contributed by atoms with Gasteiger partial charge in [-0.3, -0.25) is 27.7 Å². The maximum absolute atomic E-state index is 13.3. The van der Waals surface area contributed by atoms with Gasteiger partial charge in [0, 0.05) is 23.8 Å². The molecule has 0 bridgehead atoms. The Balaban J connectivity index is 1.97. The Hall–Kier alpha value is -3.91. The van der Waals surface area contributed by atoms with Gasteiger partial charge in [0.1, 0.15) is 5.78 Å². The molecule has 0 spiro atoms. The molecule has 0 fully saturated rings. The summed E-state index contributed by atoms with van der Waals surface area (Å²) in [6.45, 7) is 2.96. The van der Waals surface area contributed by atoms with Crippen molar-refractivity contribution in [1.82, 2.24) is 23.1 Å². The minimum absolute atomic E-state index is 0.226. The third-order valence-corrected chi connectivity index (χ3v) is 6.19. The first-order valence-electron chi connectivity index (χ1n) is 10.3. The van der Waals surface area contributed by atoms with E-state index in [4.69, 9.17) is 16.6 Å². The highest BCUT2D eigenvalue weighted by atomic mass is 35.5. The standard InChI is InChI=1S/C24H20ClN5O3/c1-14(31)12-29-22(32)20-21(27(3)24(29)33)26-23-28(20)13-19(16-8-5-4-6-9-16)30(23)18-11-7-10-17(25)15(18)2/h4-11,13H,12H2,1-3H3. The lowest BCUT2D eigenvalue weighted by Crippen LogP contribution is -2.40. The van der Waals surface area contributed by atoms with E-state index in [1.807, 2.05) is 66.2 Å². The second-order valence-electron chi connectivity index (χ2n) is 7.99. The van der Waals surface area contributed by atoms with Gasteiger partial charge in [0.05, 0.1) is 17.9 Å². The third kappa shape index (κ3) is 3.14. The fourth-order valence-corrected chi connectivity index (χ4v) is 4.32. The minimum Gasteiger partial charge on any atom is -0.298 e. The highest BCUT2D eigenvalue weighted by Gasteiger charge is 2.23. The Morgan fingerprint density at radius 3 is 2.48 bits per heavy atom. The number of halogens is 1. The molecule has 9 heteroatoms. The summed E-state index contributed by atoms with van der Waals surface area (Å²) in [5, 5.41) is 0.602. The van der Waals surface area contributed by atoms with E-state index in [1.54, 1.807) is 11.4 Å². The molecule has 5 rings (SSSR count). The van der Waals surface area contributed by atoms with E-state index in [0.29, 0.717) is 10.8 Å². The van der Waals surface area contributed by atoms with Crippen LogP contribution in [0, 0.1) is 6.92 Å². The number of benzene rings is 2. The molecule has 0 aliphatic carbocycles. The zero-order chi connectivity index (χ0) is 23.4. The lowest BCUT2D eigenvalue weighted by molar-refractivity contribution is -0.117. The largest absolute Gasteiger partial charge is 0.332 e. The van der Waals surface area contributed by atoms with Crippen LogP contribution in [0.2, 0.25) is 5.02 Å². The van der Waals surface area contributed by atoms with Crippen molar-refractivity contribution < 1.29 is 4.79 Å². The van der Waals surface area contributed by atoms with E-state index in [9.17, 15) is 14.4 Å². The number of aromatic nitrogens is 5. The summed E-state index contributed by atoms with van der Waals surface area (Å²) in [7, 11) is 1.54. The van der Waals surface area contributed by atoms with E-state index in [-0.39, 0.29) is 23.5 Å². The normalized spacial score (nSPS) is 11.5. The van der Waals surface area contributed by atoms with Crippen LogP contribution < -0.4 is 11.2 Å². The van der Waals surface area contributed by atoms with Crippen molar-refractivity contribution in [2.75, 3.05) is 0 Å². The molecule has 3 aromatic heterocycles. The van der Waals surface area contributed by atoms with Gasteiger partial charge in [-0.05, 0) is 31.5 Å². The van der Waals surface area contributed by atoms with E-state index < -0.39 is 11.2 Å². The lowest BCUT2D eigenvalue weighted by atomic mass is 10.1. The van der Waals surface area contributed by atoms with Gasteiger partial charge in [-0.1, -0.05) is 48.0 Å². The average molecular weight is 462 g/mol. The Labute approximate surface area is 192 Å². The molecule has 0 saturated heterocycles. The third-order valence-electron chi connectivity index (χ3n) is 5.78. The quantitative estimate of drug-likeness (QED) is 0.411. The van der Waals surface area contributed by atoms with Crippen LogP contribution in [0.25, 0.3) is 33.9 Å². The minimum atomic E-state index is -0.586. The van der Waals surface area contributed by atoms with Gasteiger partial charge in [0.25, 0.3) is 5.56 Å². The molecule has 166 valence electrons. The summed E-state index contributed by atoms with van der Waals surface area (Å²) in [5.41, 5.74) is 2.70. The number of hydrogen-bond donors (Lipinski definition) is 0. The van der Waals surface area contributed by atoms with E-state index >= 15 is 0 Å². The molecule has 0 atom stereocenters. The number of aryl methyl sites for hydroxylation is 1. The molecule has 2 aromatic carbocycles. The summed E-state index contributed by atoms with van der Waals surface area (Å²) in [4.78, 5) is 42.5. The molecular weight excluding hydrogens is 442 g/mol. The zero-order valence-electron chi connectivity index (χ0n) is 18.2. The number of fused-ring (bicyclic) bond motifs is 3. The van der Waals surface area contributed by atoms with E-state index in [1.165, 1.54) is 11.5 Å². The van der Waals surface area contributed by atoms with Crippen LogP contribution in [0.15, 0.2) is 64.3 Å². The molecule has 0 aliphatic rings. The second-order valence-corrected chi connectivity index (χ2v) is 8.40. The van der Waals surface area contributed by atoms with Gasteiger partial charge in [0.15, 0.2) is 11.2 Å². The maximum atomic E-state index is 13.3. The SMILES string of the molecule is CC(=O)Cn1c(=O)c2c(nc3n(-c4cccc(Cl)c4C)c(-c4ccccc4)cn23)n(C)c1=O. The van der Waals surface area contributed by atoms with Gasteiger partial charge in [-0.25, -0.2) is 4.79 Å². The molecular formula is C24H20ClN5O3. The first kappa shape index (κ1) is 21.0. The monoisotopic (exact) mass is 461 g/mol. The molecule has 0 radical (unpaired) electrons. The Kier molecular flexibility index (Phi) is 4.83. The van der Waals surface area contributed by atoms with Gasteiger partial charge in [0.2, 0.25) is 5.78 Å². The van der Waals surface area contributed by atoms with Crippen LogP contribution >= 0.6 is 11.6 Å². The topological polar surface area (TPSA) is 83.3 Å². The van der Waals surface area contributed by atoms with Crippen molar-refractivity contribution >= 4 is 34.3 Å². The average Bonchev–Trinajstić information content (AvgIpc) is 3.34. The first-order chi connectivity index (χ1) is 15.8. The van der Waals surface area contributed by atoms with Crippen molar-refractivity contribution in [2.45, 2.75) is 20.4 Å². The van der Waals surface area contributed by atoms with Gasteiger partial charge >= 0.3 is 5.69 Å². The summed E-state index contributed by atoms with van der Waals surface area (Å²) >= 11 is 6.43. The van der Waals surface area contributed by atoms with Crippen molar-refractivity contribution in [2.24, 2.45) is 7.05 Å². The van der Waals surface area contributed by atoms with Crippen molar-refractivity contribution in [3.05, 3.63) is 86.2 Å². The van der Waals surface area contributed by atoms with Gasteiger partial charge < -0.3 is 0 Å². The molecule has 33 heavy (non-hydrogen) atoms. The fourth-order valence-electron chi connectivity index (χ4n) is 4.15. The molecule has 0 unspecified atom stereocenters. The lowest BCUT2D eigenvalue weighted by Gasteiger charge is -2.13. The first-order valence-corrected chi connectivity index (χ1v) is 10.7. The molecule has 0 saturated carbocycles. The number of ketones is 1. The maximum Gasteiger partial charge on any atom is 0.332 e. The number of hydrogen-bond acceptors (Lipinski definition) is 4. The zero-order valence-corrected chi connectivity index (χ0v) is 19.0. The highest BCUT2D eigenvalue weighted by molar-refractivity contribution is 6.31. The number of nitrogens with zero attached hydrogens (tertiary/aromatic N) is 5. The highest BCUT2D eigenvalue weighted by Crippen LogP contribution is 2.32. The van der Waals surface area contributed by atoms with Crippen LogP contribution in [0.4, 0.5) is 0 Å². The number of carbonyl (C=O) groups excluding carboxylic acids is 1. The molecule has 8 nitrogen and oxygen atoms in total. The second kappa shape index (κ2) is 7.60. The van der Waals surface area contributed by atoms with E-state index in [2.05, 4.69) is 0 Å². The van der Waals surface area contributed by atoms with E-state index in [0.717, 1.165) is 27.1 Å². The molecule has 0 aliphatic heterocycles. The van der Waals surface area contributed by atoms with Crippen molar-refractivity contribution in [3.8, 4) is 16.9 Å². The van der Waals surface area contributed by atoms with Crippen LogP contribution in [0.5, 0.6) is 0 Å². The number of carbonyl (C=O) groups is 1. The molecule has 5 aromatic rings. The van der Waals surface area contributed by atoms with Crippen LogP contribution in [-0.2, 0) is 18.4 Å². The van der Waals surface area contributed by atoms with Crippen molar-refractivity contribution in [3.63, 3.8) is 0 Å². The Bertz CT molecular complexity index is 1690. The summed E-state index contributed by atoms with van der Waals surface area (Å²) in [6.07, 6.45) is 1.82. The number of rotatable bonds is 4. The Morgan fingerprint density at radius 2 is 1.79 bits per heavy atom. The van der Waals surface area contributed by atoms with Crippen LogP contribution in [0.1, 0.15) is 12.5 Å². The summed E-state index contributed by atoms with van der Waals surface area (Å²) < 4.78 is 5.85. The molecule has 3 heterocycles. The summed E-state index contributed by atoms with van der Waals surface area (Å²) in [6, 6.07) is 15.3. The Morgan fingerprint density at radius 1 is 1.06 bits per heavy atom. The predicted molar refractivity (Wildman–Crippen MR) is 127 cm³/mol. The smallest absolute Gasteiger partial charge is 0.298 e. The van der Waals surface area contributed by atoms with Crippen molar-refractivity contribution in [1.29, 1.82) is 0 Å². The van der Waals surface area contributed by atoms with Gasteiger partial charge in [-0.2, -0.15) is 4.98 Å². The van der Waals surface area contributed by atoms with Gasteiger partial charge in [-0.15, -0.1) is 0 Å². The number of Topliss-reactive ketones (excluding diaryl/α,β-unsaturated/α-hetero) is 1. The molecule has 0 amide bonds. The summed E-state index contributed by atoms with van der Waals surface area (Å²) in [5.74, 6) is 0.174. The number of imidazole rings is 2. The van der Waals surface area contributed by atoms with Crippen LogP contribution in [-0.4, -0.2) is 28.9 Å². The molecule has 0 N–H and O–H groups in total. The fraction of sp³-hybridized carbons (Fsp3) is 0.167. The van der Waals surface area contributed by atoms with Crippen LogP contribution in [0.3, 0.4) is 0 Å².